The van der Waals surface area contributed by atoms with Crippen LogP contribution < -0.4 is 4.74 Å². The maximum absolute atomic E-state index is 12.4. The summed E-state index contributed by atoms with van der Waals surface area (Å²) >= 11 is 2.98. The third-order valence-corrected chi connectivity index (χ3v) is 6.48. The molecule has 0 amide bonds. The lowest BCUT2D eigenvalue weighted by atomic mass is 9.78. The van der Waals surface area contributed by atoms with E-state index in [4.69, 9.17) is 4.74 Å². The molecule has 0 saturated heterocycles. The first-order valence-corrected chi connectivity index (χ1v) is 10.0. The number of benzene rings is 2. The molecule has 30 heavy (non-hydrogen) atoms. The number of aliphatic carboxylic acids is 2. The second-order valence-corrected chi connectivity index (χ2v) is 8.60. The topological polar surface area (TPSA) is 108 Å². The molecule has 154 valence electrons. The Morgan fingerprint density at radius 3 is 2.33 bits per heavy atom. The van der Waals surface area contributed by atoms with Crippen LogP contribution in [0.4, 0.5) is 0 Å². The van der Waals surface area contributed by atoms with Gasteiger partial charge >= 0.3 is 11.9 Å². The van der Waals surface area contributed by atoms with Crippen molar-refractivity contribution in [2.24, 2.45) is 16.7 Å². The lowest BCUT2D eigenvalue weighted by Crippen LogP contribution is -2.28. The number of nitrogens with zero attached hydrogens (tertiary/aromatic N) is 1. The Balaban J connectivity index is 2.03. The summed E-state index contributed by atoms with van der Waals surface area (Å²) < 4.78 is 5.70. The van der Waals surface area contributed by atoms with Crippen molar-refractivity contribution < 1.29 is 24.5 Å². The summed E-state index contributed by atoms with van der Waals surface area (Å²) in [4.78, 5) is 23.7. The zero-order valence-corrected chi connectivity index (χ0v) is 18.0. The highest BCUT2D eigenvalue weighted by Gasteiger charge is 2.78. The van der Waals surface area contributed by atoms with Gasteiger partial charge in [0.1, 0.15) is 16.9 Å². The zero-order chi connectivity index (χ0) is 22.1. The molecule has 0 spiro atoms. The summed E-state index contributed by atoms with van der Waals surface area (Å²) in [6.45, 7) is 3.47. The van der Waals surface area contributed by atoms with E-state index in [0.29, 0.717) is 17.1 Å². The number of rotatable bonds is 7. The minimum Gasteiger partial charge on any atom is -0.481 e. The Morgan fingerprint density at radius 2 is 1.77 bits per heavy atom. The minimum atomic E-state index is -1.47. The van der Waals surface area contributed by atoms with Gasteiger partial charge in [-0.25, -0.2) is 4.79 Å². The predicted octanol–water partition coefficient (Wildman–Crippen LogP) is 5.18. The number of hydrogen-bond acceptors (Lipinski definition) is 4. The number of nitriles is 1. The molecule has 6 nitrogen and oxygen atoms in total. The predicted molar refractivity (Wildman–Crippen MR) is 113 cm³/mol. The fourth-order valence-corrected chi connectivity index (χ4v) is 4.56. The van der Waals surface area contributed by atoms with Crippen LogP contribution in [0.3, 0.4) is 0 Å². The third-order valence-electron chi connectivity index (χ3n) is 5.88. The lowest BCUT2D eigenvalue weighted by molar-refractivity contribution is -0.145. The van der Waals surface area contributed by atoms with Gasteiger partial charge < -0.3 is 14.9 Å². The average Bonchev–Trinajstić information content (AvgIpc) is 3.19. The van der Waals surface area contributed by atoms with Crippen molar-refractivity contribution >= 4 is 27.9 Å². The molecule has 0 aromatic heterocycles. The van der Waals surface area contributed by atoms with Gasteiger partial charge in [-0.3, -0.25) is 4.79 Å². The highest BCUT2D eigenvalue weighted by atomic mass is 79.9. The zero-order valence-electron chi connectivity index (χ0n) is 16.4. The molecule has 3 atom stereocenters. The van der Waals surface area contributed by atoms with Crippen molar-refractivity contribution in [3.05, 3.63) is 70.7 Å². The molecular weight excluding hydrogens is 450 g/mol. The van der Waals surface area contributed by atoms with Crippen LogP contribution >= 0.6 is 15.9 Å². The second-order valence-electron chi connectivity index (χ2n) is 7.74. The monoisotopic (exact) mass is 469 g/mol. The summed E-state index contributed by atoms with van der Waals surface area (Å²) in [5.74, 6) is -2.87. The standard InChI is InChI=1S/C23H20BrNO5/c1-22(2)19(12-18(24)20(26)27)23(22,21(28)29)17(13-25)14-7-6-10-16(11-14)30-15-8-4-3-5-9-15/h3-12,17,19H,1-2H3,(H,26,27)(H,28,29)/t17?,19-,23+/m0/s1. The molecule has 0 bridgehead atoms. The number of carboxylic acids is 2. The van der Waals surface area contributed by atoms with Crippen molar-refractivity contribution in [3.8, 4) is 17.6 Å². The average molecular weight is 470 g/mol. The van der Waals surface area contributed by atoms with Gasteiger partial charge in [0.25, 0.3) is 0 Å². The molecule has 3 rings (SSSR count). The van der Waals surface area contributed by atoms with Crippen molar-refractivity contribution in [1.82, 2.24) is 0 Å². The molecule has 7 heteroatoms. The third kappa shape index (κ3) is 3.48. The van der Waals surface area contributed by atoms with Gasteiger partial charge in [0, 0.05) is 5.92 Å². The molecule has 2 N–H and O–H groups in total. The van der Waals surface area contributed by atoms with Gasteiger partial charge in [-0.1, -0.05) is 50.3 Å². The first-order chi connectivity index (χ1) is 14.2. The Morgan fingerprint density at radius 1 is 1.13 bits per heavy atom. The number of ether oxygens (including phenoxy) is 1. The number of para-hydroxylation sites is 1. The lowest BCUT2D eigenvalue weighted by Gasteiger charge is -2.22. The van der Waals surface area contributed by atoms with Crippen LogP contribution in [0.15, 0.2) is 65.2 Å². The van der Waals surface area contributed by atoms with Gasteiger partial charge in [0.05, 0.1) is 16.5 Å². The number of hydrogen-bond donors (Lipinski definition) is 2. The van der Waals surface area contributed by atoms with Crippen LogP contribution in [0, 0.1) is 28.1 Å². The van der Waals surface area contributed by atoms with Crippen LogP contribution in [0.25, 0.3) is 0 Å². The molecule has 1 saturated carbocycles. The van der Waals surface area contributed by atoms with E-state index in [2.05, 4.69) is 22.0 Å². The normalized spacial score (nSPS) is 23.1. The fraction of sp³-hybridized carbons (Fsp3) is 0.261. The SMILES string of the molecule is CC1(C)[C@H](C=C(Br)C(=O)O)[C@@]1(C(=O)O)C(C#N)c1cccc(Oc2ccccc2)c1. The summed E-state index contributed by atoms with van der Waals surface area (Å²) in [6, 6.07) is 18.1. The van der Waals surface area contributed by atoms with E-state index in [0.717, 1.165) is 0 Å². The summed E-state index contributed by atoms with van der Waals surface area (Å²) in [5.41, 5.74) is -1.80. The number of carbonyl (C=O) groups is 2. The molecule has 0 radical (unpaired) electrons. The largest absolute Gasteiger partial charge is 0.481 e. The first-order valence-electron chi connectivity index (χ1n) is 9.22. The van der Waals surface area contributed by atoms with E-state index >= 15 is 0 Å². The quantitative estimate of drug-likeness (QED) is 0.541. The summed E-state index contributed by atoms with van der Waals surface area (Å²) in [7, 11) is 0. The molecule has 1 aliphatic rings. The molecule has 1 unspecified atom stereocenters. The van der Waals surface area contributed by atoms with Crippen molar-refractivity contribution in [3.63, 3.8) is 0 Å². The van der Waals surface area contributed by atoms with E-state index in [1.54, 1.807) is 50.2 Å². The highest BCUT2D eigenvalue weighted by Crippen LogP contribution is 2.75. The molecule has 0 aliphatic heterocycles. The van der Waals surface area contributed by atoms with Gasteiger partial charge in [0.15, 0.2) is 0 Å². The Hall–Kier alpha value is -3.11. The van der Waals surface area contributed by atoms with Crippen LogP contribution in [-0.2, 0) is 9.59 Å². The number of allylic oxidation sites excluding steroid dienone is 1. The summed E-state index contributed by atoms with van der Waals surface area (Å²) in [6.07, 6.45) is 1.38. The van der Waals surface area contributed by atoms with Crippen LogP contribution in [0.2, 0.25) is 0 Å². The fourth-order valence-electron chi connectivity index (χ4n) is 4.30. The van der Waals surface area contributed by atoms with Crippen LogP contribution in [0.5, 0.6) is 11.5 Å². The highest BCUT2D eigenvalue weighted by molar-refractivity contribution is 9.12. The Kier molecular flexibility index (Phi) is 5.73. The minimum absolute atomic E-state index is 0.124. The maximum Gasteiger partial charge on any atom is 0.342 e. The smallest absolute Gasteiger partial charge is 0.342 e. The first kappa shape index (κ1) is 21.6. The second kappa shape index (κ2) is 7.96. The van der Waals surface area contributed by atoms with Crippen molar-refractivity contribution in [1.29, 1.82) is 5.26 Å². The molecule has 0 heterocycles. The van der Waals surface area contributed by atoms with E-state index in [1.165, 1.54) is 6.08 Å². The van der Waals surface area contributed by atoms with E-state index in [-0.39, 0.29) is 4.48 Å². The Bertz CT molecular complexity index is 1060. The summed E-state index contributed by atoms with van der Waals surface area (Å²) in [5, 5.41) is 29.3. The van der Waals surface area contributed by atoms with Gasteiger partial charge in [-0.05, 0) is 51.2 Å². The van der Waals surface area contributed by atoms with Crippen LogP contribution in [0.1, 0.15) is 25.3 Å². The van der Waals surface area contributed by atoms with E-state index in [1.807, 2.05) is 18.2 Å². The van der Waals surface area contributed by atoms with Gasteiger partial charge in [-0.15, -0.1) is 0 Å². The maximum atomic E-state index is 12.4. The Labute approximate surface area is 182 Å². The van der Waals surface area contributed by atoms with Crippen LogP contribution in [-0.4, -0.2) is 22.2 Å². The molecular formula is C23H20BrNO5. The van der Waals surface area contributed by atoms with Gasteiger partial charge in [0.2, 0.25) is 0 Å². The van der Waals surface area contributed by atoms with Crippen molar-refractivity contribution in [2.45, 2.75) is 19.8 Å². The van der Waals surface area contributed by atoms with E-state index in [9.17, 15) is 25.1 Å². The van der Waals surface area contributed by atoms with Crippen molar-refractivity contribution in [2.75, 3.05) is 0 Å². The van der Waals surface area contributed by atoms with Gasteiger partial charge in [-0.2, -0.15) is 5.26 Å². The number of halogens is 1. The molecule has 1 aliphatic carbocycles. The molecule has 1 fully saturated rings. The van der Waals surface area contributed by atoms with E-state index < -0.39 is 34.6 Å². The molecule has 2 aromatic rings. The molecule has 2 aromatic carbocycles. The number of carboxylic acid groups (broad SMARTS) is 2.